The van der Waals surface area contributed by atoms with Crippen molar-refractivity contribution in [3.8, 4) is 0 Å². The largest absolute Gasteiger partial charge is 0.299 e. The normalized spacial score (nSPS) is 16.5. The number of fused-ring (bicyclic) bond motifs is 1. The summed E-state index contributed by atoms with van der Waals surface area (Å²) in [5.41, 5.74) is 4.36. The lowest BCUT2D eigenvalue weighted by molar-refractivity contribution is 0.331. The van der Waals surface area contributed by atoms with Crippen LogP contribution in [-0.2, 0) is 6.54 Å². The number of halogens is 1. The predicted molar refractivity (Wildman–Crippen MR) is 100 cm³/mol. The molecule has 0 radical (unpaired) electrons. The average Bonchev–Trinajstić information content (AvgIpc) is 3.14. The fourth-order valence-electron chi connectivity index (χ4n) is 3.38. The number of nitrogens with zero attached hydrogens (tertiary/aromatic N) is 2. The van der Waals surface area contributed by atoms with Crippen LogP contribution in [0.25, 0.3) is 10.9 Å². The van der Waals surface area contributed by atoms with E-state index in [1.165, 1.54) is 31.5 Å². The van der Waals surface area contributed by atoms with Crippen LogP contribution in [0.1, 0.15) is 35.0 Å². The number of benzene rings is 2. The fraction of sp³-hybridized carbons (Fsp3) is 0.286. The molecular formula is C21H21ClN2. The maximum Gasteiger partial charge on any atom is 0.101 e. The van der Waals surface area contributed by atoms with Crippen LogP contribution in [0.15, 0.2) is 60.7 Å². The molecule has 1 aliphatic heterocycles. The molecule has 1 aliphatic rings. The molecule has 0 N–H and O–H groups in total. The van der Waals surface area contributed by atoms with Gasteiger partial charge in [0.25, 0.3) is 0 Å². The summed E-state index contributed by atoms with van der Waals surface area (Å²) in [6.07, 6.45) is 2.66. The van der Waals surface area contributed by atoms with Gasteiger partial charge in [-0.1, -0.05) is 48.5 Å². The van der Waals surface area contributed by atoms with Gasteiger partial charge in [0.05, 0.1) is 11.2 Å². The number of aromatic nitrogens is 1. The Morgan fingerprint density at radius 2 is 1.67 bits per heavy atom. The minimum atomic E-state index is -0.213. The van der Waals surface area contributed by atoms with Crippen molar-refractivity contribution in [1.82, 2.24) is 9.88 Å². The van der Waals surface area contributed by atoms with Crippen molar-refractivity contribution >= 4 is 22.5 Å². The van der Waals surface area contributed by atoms with E-state index in [0.717, 1.165) is 28.7 Å². The van der Waals surface area contributed by atoms with Crippen LogP contribution >= 0.6 is 11.6 Å². The van der Waals surface area contributed by atoms with Gasteiger partial charge in [-0.15, -0.1) is 11.6 Å². The van der Waals surface area contributed by atoms with E-state index in [4.69, 9.17) is 16.6 Å². The first-order valence-electron chi connectivity index (χ1n) is 8.60. The highest BCUT2D eigenvalue weighted by Crippen LogP contribution is 2.29. The van der Waals surface area contributed by atoms with Gasteiger partial charge in [0.2, 0.25) is 0 Å². The van der Waals surface area contributed by atoms with E-state index >= 15 is 0 Å². The van der Waals surface area contributed by atoms with E-state index in [0.29, 0.717) is 0 Å². The Bertz CT molecular complexity index is 823. The van der Waals surface area contributed by atoms with Crippen LogP contribution in [0, 0.1) is 0 Å². The molecule has 0 saturated carbocycles. The molecule has 24 heavy (non-hydrogen) atoms. The van der Waals surface area contributed by atoms with Gasteiger partial charge in [-0.2, -0.15) is 0 Å². The van der Waals surface area contributed by atoms with Crippen LogP contribution in [-0.4, -0.2) is 23.0 Å². The lowest BCUT2D eigenvalue weighted by Gasteiger charge is -2.15. The minimum Gasteiger partial charge on any atom is -0.299 e. The molecule has 1 saturated heterocycles. The van der Waals surface area contributed by atoms with Crippen LogP contribution in [0.2, 0.25) is 0 Å². The molecule has 122 valence electrons. The van der Waals surface area contributed by atoms with Crippen molar-refractivity contribution < 1.29 is 0 Å². The standard InChI is InChI=1S/C21H21ClN2/c22-21(20-12-11-17-5-1-2-6-19(17)23-20)18-9-7-16(8-10-18)15-24-13-3-4-14-24/h1-2,5-12,21H,3-4,13-15H2. The SMILES string of the molecule is ClC(c1ccc(CN2CCCC2)cc1)c1ccc2ccccc2n1. The van der Waals surface area contributed by atoms with E-state index in [1.54, 1.807) is 0 Å². The van der Waals surface area contributed by atoms with Gasteiger partial charge in [-0.25, -0.2) is 0 Å². The molecule has 0 bridgehead atoms. The molecular weight excluding hydrogens is 316 g/mol. The zero-order valence-corrected chi connectivity index (χ0v) is 14.4. The molecule has 1 aromatic heterocycles. The second kappa shape index (κ2) is 6.92. The number of pyridine rings is 1. The number of rotatable bonds is 4. The van der Waals surface area contributed by atoms with Crippen molar-refractivity contribution in [3.63, 3.8) is 0 Å². The number of para-hydroxylation sites is 1. The van der Waals surface area contributed by atoms with Gasteiger partial charge >= 0.3 is 0 Å². The first-order chi connectivity index (χ1) is 11.8. The predicted octanol–water partition coefficient (Wildman–Crippen LogP) is 5.16. The maximum atomic E-state index is 6.68. The van der Waals surface area contributed by atoms with Crippen molar-refractivity contribution in [2.24, 2.45) is 0 Å². The van der Waals surface area contributed by atoms with Gasteiger partial charge in [0, 0.05) is 11.9 Å². The summed E-state index contributed by atoms with van der Waals surface area (Å²) in [5.74, 6) is 0. The third kappa shape index (κ3) is 3.31. The maximum absolute atomic E-state index is 6.68. The molecule has 3 heteroatoms. The summed E-state index contributed by atoms with van der Waals surface area (Å²) in [6, 6.07) is 20.9. The van der Waals surface area contributed by atoms with Gasteiger partial charge in [-0.3, -0.25) is 9.88 Å². The zero-order valence-electron chi connectivity index (χ0n) is 13.7. The third-order valence-electron chi connectivity index (χ3n) is 4.76. The molecule has 1 atom stereocenters. The molecule has 2 aromatic carbocycles. The second-order valence-electron chi connectivity index (χ2n) is 6.52. The van der Waals surface area contributed by atoms with Gasteiger partial charge < -0.3 is 0 Å². The summed E-state index contributed by atoms with van der Waals surface area (Å²) in [4.78, 5) is 7.23. The highest BCUT2D eigenvalue weighted by atomic mass is 35.5. The summed E-state index contributed by atoms with van der Waals surface area (Å²) in [7, 11) is 0. The van der Waals surface area contributed by atoms with Crippen molar-refractivity contribution in [2.45, 2.75) is 24.8 Å². The van der Waals surface area contributed by atoms with Crippen molar-refractivity contribution in [3.05, 3.63) is 77.5 Å². The summed E-state index contributed by atoms with van der Waals surface area (Å²) in [6.45, 7) is 3.49. The smallest absolute Gasteiger partial charge is 0.101 e. The third-order valence-corrected chi connectivity index (χ3v) is 5.23. The molecule has 2 nitrogen and oxygen atoms in total. The monoisotopic (exact) mass is 336 g/mol. The Morgan fingerprint density at radius 3 is 2.46 bits per heavy atom. The molecule has 0 aliphatic carbocycles. The Balaban J connectivity index is 1.53. The van der Waals surface area contributed by atoms with E-state index in [9.17, 15) is 0 Å². The molecule has 0 amide bonds. The highest BCUT2D eigenvalue weighted by Gasteiger charge is 2.14. The van der Waals surface area contributed by atoms with Crippen LogP contribution in [0.4, 0.5) is 0 Å². The van der Waals surface area contributed by atoms with Crippen LogP contribution in [0.3, 0.4) is 0 Å². The van der Waals surface area contributed by atoms with Crippen LogP contribution in [0.5, 0.6) is 0 Å². The van der Waals surface area contributed by atoms with Crippen molar-refractivity contribution in [2.75, 3.05) is 13.1 Å². The molecule has 0 spiro atoms. The van der Waals surface area contributed by atoms with Crippen LogP contribution < -0.4 is 0 Å². The van der Waals surface area contributed by atoms with E-state index in [1.807, 2.05) is 24.3 Å². The Hall–Kier alpha value is -1.90. The number of likely N-dealkylation sites (tertiary alicyclic amines) is 1. The lowest BCUT2D eigenvalue weighted by atomic mass is 10.1. The molecule has 1 unspecified atom stereocenters. The van der Waals surface area contributed by atoms with E-state index < -0.39 is 0 Å². The van der Waals surface area contributed by atoms with Gasteiger partial charge in [0.1, 0.15) is 5.38 Å². The number of alkyl halides is 1. The Morgan fingerprint density at radius 1 is 0.917 bits per heavy atom. The molecule has 1 fully saturated rings. The first kappa shape index (κ1) is 15.6. The number of hydrogen-bond acceptors (Lipinski definition) is 2. The zero-order chi connectivity index (χ0) is 16.4. The average molecular weight is 337 g/mol. The lowest BCUT2D eigenvalue weighted by Crippen LogP contribution is -2.18. The fourth-order valence-corrected chi connectivity index (χ4v) is 3.65. The minimum absolute atomic E-state index is 0.213. The van der Waals surface area contributed by atoms with E-state index in [2.05, 4.69) is 41.3 Å². The van der Waals surface area contributed by atoms with Gasteiger partial charge in [0.15, 0.2) is 0 Å². The Kier molecular flexibility index (Phi) is 4.50. The van der Waals surface area contributed by atoms with E-state index in [-0.39, 0.29) is 5.38 Å². The number of hydrogen-bond donors (Lipinski definition) is 0. The molecule has 4 rings (SSSR count). The quantitative estimate of drug-likeness (QED) is 0.612. The Labute approximate surface area is 148 Å². The topological polar surface area (TPSA) is 16.1 Å². The summed E-state index contributed by atoms with van der Waals surface area (Å²) >= 11 is 6.68. The molecule has 2 heterocycles. The highest BCUT2D eigenvalue weighted by molar-refractivity contribution is 6.22. The summed E-state index contributed by atoms with van der Waals surface area (Å²) in [5, 5.41) is 0.932. The first-order valence-corrected chi connectivity index (χ1v) is 9.04. The molecule has 3 aromatic rings. The summed E-state index contributed by atoms with van der Waals surface area (Å²) < 4.78 is 0. The second-order valence-corrected chi connectivity index (χ2v) is 6.95. The van der Waals surface area contributed by atoms with Crippen molar-refractivity contribution in [1.29, 1.82) is 0 Å². The van der Waals surface area contributed by atoms with Gasteiger partial charge in [-0.05, 0) is 49.2 Å².